The minimum Gasteiger partial charge on any atom is -0.394 e. The minimum absolute atomic E-state index is 0.0515. The van der Waals surface area contributed by atoms with E-state index >= 15 is 0 Å². The molecule has 3 heterocycles. The first-order chi connectivity index (χ1) is 12.1. The first-order valence-corrected chi connectivity index (χ1v) is 8.44. The van der Waals surface area contributed by atoms with Crippen molar-refractivity contribution in [3.05, 3.63) is 42.4 Å². The Morgan fingerprint density at radius 1 is 1.32 bits per heavy atom. The summed E-state index contributed by atoms with van der Waals surface area (Å²) in [4.78, 5) is 8.78. The topological polar surface area (TPSA) is 87.4 Å². The molecular formula is C17H23BN6O. The molecule has 3 aromatic rings. The number of hydrogen-bond donors (Lipinski definition) is 3. The maximum Gasteiger partial charge on any atom is 0.153 e. The van der Waals surface area contributed by atoms with Gasteiger partial charge in [0.1, 0.15) is 19.5 Å². The van der Waals surface area contributed by atoms with E-state index < -0.39 is 0 Å². The fraction of sp³-hybridized carbons (Fsp3) is 0.353. The van der Waals surface area contributed by atoms with Crippen molar-refractivity contribution >= 4 is 30.6 Å². The van der Waals surface area contributed by atoms with E-state index in [0.717, 1.165) is 28.3 Å². The number of aliphatic hydroxyl groups is 1. The molecular weight excluding hydrogens is 315 g/mol. The van der Waals surface area contributed by atoms with E-state index in [-0.39, 0.29) is 12.6 Å². The van der Waals surface area contributed by atoms with Gasteiger partial charge in [0, 0.05) is 31.2 Å². The third-order valence-electron chi connectivity index (χ3n) is 4.18. The second-order valence-corrected chi connectivity index (χ2v) is 6.48. The SMILES string of the molecule is Bc1cnn2c(NCc3cccnc3)cc(N[C@@H](CO)C(C)C)nc12. The second-order valence-electron chi connectivity index (χ2n) is 6.48. The molecule has 0 bridgehead atoms. The highest BCUT2D eigenvalue weighted by Gasteiger charge is 2.15. The number of hydrogen-bond acceptors (Lipinski definition) is 6. The number of nitrogens with zero attached hydrogens (tertiary/aromatic N) is 4. The van der Waals surface area contributed by atoms with Crippen LogP contribution in [0.15, 0.2) is 36.8 Å². The summed E-state index contributed by atoms with van der Waals surface area (Å²) in [6.07, 6.45) is 5.39. The lowest BCUT2D eigenvalue weighted by molar-refractivity contribution is 0.249. The molecule has 130 valence electrons. The molecule has 0 unspecified atom stereocenters. The van der Waals surface area contributed by atoms with Gasteiger partial charge < -0.3 is 15.7 Å². The van der Waals surface area contributed by atoms with E-state index in [0.29, 0.717) is 12.5 Å². The molecule has 7 nitrogen and oxygen atoms in total. The van der Waals surface area contributed by atoms with Gasteiger partial charge in [-0.05, 0) is 23.0 Å². The van der Waals surface area contributed by atoms with Crippen molar-refractivity contribution in [1.29, 1.82) is 0 Å². The molecule has 1 atom stereocenters. The summed E-state index contributed by atoms with van der Waals surface area (Å²) < 4.78 is 1.79. The lowest BCUT2D eigenvalue weighted by atomic mass is 10.0. The lowest BCUT2D eigenvalue weighted by Gasteiger charge is -2.21. The van der Waals surface area contributed by atoms with Crippen LogP contribution in [0.2, 0.25) is 0 Å². The van der Waals surface area contributed by atoms with Crippen LogP contribution in [0.1, 0.15) is 19.4 Å². The number of aromatic nitrogens is 4. The molecule has 8 heteroatoms. The highest BCUT2D eigenvalue weighted by molar-refractivity contribution is 6.36. The van der Waals surface area contributed by atoms with Gasteiger partial charge in [0.2, 0.25) is 0 Å². The van der Waals surface area contributed by atoms with E-state index in [1.807, 2.05) is 32.2 Å². The van der Waals surface area contributed by atoms with Crippen LogP contribution in [0, 0.1) is 5.92 Å². The Morgan fingerprint density at radius 3 is 2.84 bits per heavy atom. The summed E-state index contributed by atoms with van der Waals surface area (Å²) in [6.45, 7) is 4.83. The zero-order chi connectivity index (χ0) is 17.8. The average molecular weight is 338 g/mol. The van der Waals surface area contributed by atoms with Crippen LogP contribution in [0.3, 0.4) is 0 Å². The summed E-state index contributed by atoms with van der Waals surface area (Å²) in [5.74, 6) is 1.85. The number of nitrogens with one attached hydrogen (secondary N) is 2. The predicted octanol–water partition coefficient (Wildman–Crippen LogP) is 0.424. The predicted molar refractivity (Wildman–Crippen MR) is 102 cm³/mol. The Morgan fingerprint density at radius 2 is 2.16 bits per heavy atom. The molecule has 3 N–H and O–H groups in total. The van der Waals surface area contributed by atoms with Crippen LogP contribution in [0.4, 0.5) is 11.6 Å². The summed E-state index contributed by atoms with van der Waals surface area (Å²) in [7, 11) is 1.98. The third-order valence-corrected chi connectivity index (χ3v) is 4.18. The maximum absolute atomic E-state index is 9.58. The maximum atomic E-state index is 9.58. The van der Waals surface area contributed by atoms with Crippen molar-refractivity contribution in [3.8, 4) is 0 Å². The number of aliphatic hydroxyl groups excluding tert-OH is 1. The van der Waals surface area contributed by atoms with Crippen molar-refractivity contribution in [1.82, 2.24) is 19.6 Å². The highest BCUT2D eigenvalue weighted by Crippen LogP contribution is 2.18. The smallest absolute Gasteiger partial charge is 0.153 e. The van der Waals surface area contributed by atoms with Gasteiger partial charge in [-0.3, -0.25) is 4.98 Å². The van der Waals surface area contributed by atoms with E-state index in [4.69, 9.17) is 0 Å². The Hall–Kier alpha value is -2.61. The molecule has 0 aromatic carbocycles. The zero-order valence-corrected chi connectivity index (χ0v) is 14.8. The van der Waals surface area contributed by atoms with E-state index in [1.165, 1.54) is 0 Å². The molecule has 0 saturated heterocycles. The Labute approximate surface area is 147 Å². The van der Waals surface area contributed by atoms with Crippen molar-refractivity contribution in [2.24, 2.45) is 5.92 Å². The van der Waals surface area contributed by atoms with Crippen molar-refractivity contribution < 1.29 is 5.11 Å². The van der Waals surface area contributed by atoms with E-state index in [2.05, 4.69) is 39.5 Å². The number of anilines is 2. The van der Waals surface area contributed by atoms with Gasteiger partial charge in [-0.15, -0.1) is 0 Å². The summed E-state index contributed by atoms with van der Waals surface area (Å²) in [5, 5.41) is 20.7. The van der Waals surface area contributed by atoms with Gasteiger partial charge in [0.05, 0.1) is 12.6 Å². The van der Waals surface area contributed by atoms with Gasteiger partial charge in [-0.1, -0.05) is 19.9 Å². The third kappa shape index (κ3) is 3.91. The molecule has 3 rings (SSSR count). The van der Waals surface area contributed by atoms with Crippen LogP contribution in [-0.4, -0.2) is 45.2 Å². The van der Waals surface area contributed by atoms with Gasteiger partial charge in [0.15, 0.2) is 5.65 Å². The summed E-state index contributed by atoms with van der Waals surface area (Å²) >= 11 is 0. The Balaban J connectivity index is 1.90. The van der Waals surface area contributed by atoms with Gasteiger partial charge in [-0.25, -0.2) is 4.98 Å². The largest absolute Gasteiger partial charge is 0.394 e. The molecule has 0 amide bonds. The first-order valence-electron chi connectivity index (χ1n) is 8.44. The quantitative estimate of drug-likeness (QED) is 0.542. The van der Waals surface area contributed by atoms with Gasteiger partial charge in [-0.2, -0.15) is 9.61 Å². The van der Waals surface area contributed by atoms with Crippen LogP contribution in [-0.2, 0) is 6.54 Å². The number of rotatable bonds is 7. The molecule has 0 fully saturated rings. The number of pyridine rings is 1. The number of fused-ring (bicyclic) bond motifs is 1. The fourth-order valence-corrected chi connectivity index (χ4v) is 2.58. The van der Waals surface area contributed by atoms with Gasteiger partial charge >= 0.3 is 0 Å². The van der Waals surface area contributed by atoms with Crippen molar-refractivity contribution in [2.75, 3.05) is 17.2 Å². The average Bonchev–Trinajstić information content (AvgIpc) is 2.99. The normalized spacial score (nSPS) is 12.5. The van der Waals surface area contributed by atoms with Crippen LogP contribution in [0.25, 0.3) is 5.65 Å². The van der Waals surface area contributed by atoms with Crippen LogP contribution < -0.4 is 16.1 Å². The molecule has 0 radical (unpaired) electrons. The molecule has 25 heavy (non-hydrogen) atoms. The van der Waals surface area contributed by atoms with Gasteiger partial charge in [0.25, 0.3) is 0 Å². The zero-order valence-electron chi connectivity index (χ0n) is 14.8. The molecule has 0 aliphatic rings. The van der Waals surface area contributed by atoms with E-state index in [1.54, 1.807) is 16.9 Å². The molecule has 3 aromatic heterocycles. The monoisotopic (exact) mass is 338 g/mol. The molecule has 0 aliphatic heterocycles. The highest BCUT2D eigenvalue weighted by atomic mass is 16.3. The standard InChI is InChI=1S/C17H23BN6O/c1-11(2)14(10-25)22-15-6-16(20-8-12-4-3-5-19-7-12)24-17(23-15)13(18)9-21-24/h3-7,9,11,14,20,25H,8,10,18H2,1-2H3,(H,22,23)/t14-/m0/s1. The Bertz CT molecular complexity index is 836. The minimum atomic E-state index is -0.0515. The molecule has 0 saturated carbocycles. The molecule has 0 aliphatic carbocycles. The van der Waals surface area contributed by atoms with Crippen LogP contribution >= 0.6 is 0 Å². The summed E-state index contributed by atoms with van der Waals surface area (Å²) in [6, 6.07) is 5.80. The van der Waals surface area contributed by atoms with Crippen molar-refractivity contribution in [2.45, 2.75) is 26.4 Å². The summed E-state index contributed by atoms with van der Waals surface area (Å²) in [5.41, 5.74) is 2.87. The fourth-order valence-electron chi connectivity index (χ4n) is 2.58. The van der Waals surface area contributed by atoms with Crippen molar-refractivity contribution in [3.63, 3.8) is 0 Å². The second kappa shape index (κ2) is 7.52. The lowest BCUT2D eigenvalue weighted by Crippen LogP contribution is -2.30. The first kappa shape index (κ1) is 17.2. The van der Waals surface area contributed by atoms with Crippen LogP contribution in [0.5, 0.6) is 0 Å². The Kier molecular flexibility index (Phi) is 5.18. The molecule has 0 spiro atoms. The van der Waals surface area contributed by atoms with E-state index in [9.17, 15) is 5.11 Å².